The molecular weight excluding hydrogens is 396 g/mol. The Bertz CT molecular complexity index is 998. The molecule has 31 heavy (non-hydrogen) atoms. The Hall–Kier alpha value is -4.20. The summed E-state index contributed by atoms with van der Waals surface area (Å²) in [5, 5.41) is 2.56. The van der Waals surface area contributed by atoms with Crippen LogP contribution in [0.5, 0.6) is 0 Å². The van der Waals surface area contributed by atoms with E-state index >= 15 is 0 Å². The molecule has 3 rings (SSSR count). The van der Waals surface area contributed by atoms with Crippen LogP contribution in [0, 0.1) is 0 Å². The Balaban J connectivity index is 1.60. The summed E-state index contributed by atoms with van der Waals surface area (Å²) >= 11 is 0. The number of nitrogens with zero attached hydrogens (tertiary/aromatic N) is 1. The van der Waals surface area contributed by atoms with Gasteiger partial charge in [0.1, 0.15) is 12.6 Å². The summed E-state index contributed by atoms with van der Waals surface area (Å²) in [5.41, 5.74) is 6.62. The van der Waals surface area contributed by atoms with Crippen molar-refractivity contribution >= 4 is 17.9 Å². The van der Waals surface area contributed by atoms with Crippen LogP contribution in [-0.2, 0) is 22.6 Å². The first-order valence-corrected chi connectivity index (χ1v) is 9.63. The third-order valence-corrected chi connectivity index (χ3v) is 4.33. The second-order valence-electron chi connectivity index (χ2n) is 6.63. The van der Waals surface area contributed by atoms with Gasteiger partial charge in [-0.3, -0.25) is 25.4 Å². The van der Waals surface area contributed by atoms with Crippen LogP contribution in [0.25, 0.3) is 0 Å². The van der Waals surface area contributed by atoms with Crippen LogP contribution in [0.15, 0.2) is 85.2 Å². The molecule has 3 aromatic rings. The van der Waals surface area contributed by atoms with Crippen LogP contribution in [0.2, 0.25) is 0 Å². The van der Waals surface area contributed by atoms with E-state index in [1.54, 1.807) is 12.1 Å². The fourth-order valence-corrected chi connectivity index (χ4v) is 2.74. The van der Waals surface area contributed by atoms with Crippen LogP contribution >= 0.6 is 0 Å². The van der Waals surface area contributed by atoms with Crippen LogP contribution in [0.3, 0.4) is 0 Å². The Labute approximate surface area is 179 Å². The number of carbonyl (C=O) groups excluding carboxylic acids is 3. The molecule has 2 aromatic carbocycles. The molecule has 0 aliphatic heterocycles. The van der Waals surface area contributed by atoms with Crippen molar-refractivity contribution in [3.8, 4) is 0 Å². The maximum atomic E-state index is 12.7. The van der Waals surface area contributed by atoms with Gasteiger partial charge in [0.2, 0.25) is 0 Å². The third-order valence-electron chi connectivity index (χ3n) is 4.33. The number of pyridine rings is 1. The summed E-state index contributed by atoms with van der Waals surface area (Å²) in [5.74, 6) is -1.11. The highest BCUT2D eigenvalue weighted by Crippen LogP contribution is 2.05. The van der Waals surface area contributed by atoms with Crippen molar-refractivity contribution in [2.45, 2.75) is 19.1 Å². The van der Waals surface area contributed by atoms with Gasteiger partial charge in [0.15, 0.2) is 0 Å². The van der Waals surface area contributed by atoms with Crippen LogP contribution in [0.1, 0.15) is 21.5 Å². The summed E-state index contributed by atoms with van der Waals surface area (Å²) in [6, 6.07) is 20.6. The summed E-state index contributed by atoms with van der Waals surface area (Å²) in [6.45, 7) is 0.0735. The molecule has 158 valence electrons. The molecule has 0 radical (unpaired) electrons. The Morgan fingerprint density at radius 1 is 0.839 bits per heavy atom. The van der Waals surface area contributed by atoms with Gasteiger partial charge in [-0.15, -0.1) is 0 Å². The number of aromatic nitrogens is 1. The van der Waals surface area contributed by atoms with Crippen LogP contribution in [-0.4, -0.2) is 28.9 Å². The molecule has 0 spiro atoms. The van der Waals surface area contributed by atoms with Crippen molar-refractivity contribution in [2.24, 2.45) is 0 Å². The zero-order chi connectivity index (χ0) is 21.9. The van der Waals surface area contributed by atoms with E-state index in [1.807, 2.05) is 60.7 Å². The Morgan fingerprint density at radius 3 is 2.16 bits per heavy atom. The summed E-state index contributed by atoms with van der Waals surface area (Å²) < 4.78 is 5.22. The van der Waals surface area contributed by atoms with E-state index in [9.17, 15) is 14.4 Å². The lowest BCUT2D eigenvalue weighted by Crippen LogP contribution is -2.53. The zero-order valence-electron chi connectivity index (χ0n) is 16.7. The third kappa shape index (κ3) is 6.97. The van der Waals surface area contributed by atoms with Crippen LogP contribution < -0.4 is 16.2 Å². The molecule has 0 saturated carbocycles. The minimum Gasteiger partial charge on any atom is -0.445 e. The van der Waals surface area contributed by atoms with Crippen molar-refractivity contribution in [3.63, 3.8) is 0 Å². The summed E-state index contributed by atoms with van der Waals surface area (Å²) in [6.07, 6.45) is 2.40. The molecule has 0 aliphatic rings. The maximum absolute atomic E-state index is 12.7. The van der Waals surface area contributed by atoms with Gasteiger partial charge in [-0.1, -0.05) is 60.7 Å². The minimum atomic E-state index is -0.958. The standard InChI is InChI=1S/C23H22N4O4/c28-21(19-12-7-13-24-15-19)26-27-22(29)20(14-17-8-3-1-4-9-17)25-23(30)31-16-18-10-5-2-6-11-18/h1-13,15,20H,14,16H2,(H,25,30)(H,26,28)(H,27,29). The maximum Gasteiger partial charge on any atom is 0.408 e. The number of hydrogen-bond donors (Lipinski definition) is 3. The highest BCUT2D eigenvalue weighted by atomic mass is 16.5. The average Bonchev–Trinajstić information content (AvgIpc) is 2.82. The lowest BCUT2D eigenvalue weighted by Gasteiger charge is -2.19. The molecule has 1 heterocycles. The molecule has 0 aliphatic carbocycles. The van der Waals surface area contributed by atoms with Gasteiger partial charge in [-0.2, -0.15) is 0 Å². The normalized spacial score (nSPS) is 11.1. The number of alkyl carbamates (subject to hydrolysis) is 1. The predicted octanol–water partition coefficient (Wildman–Crippen LogP) is 2.38. The first-order chi connectivity index (χ1) is 15.1. The van der Waals surface area contributed by atoms with E-state index in [1.165, 1.54) is 12.4 Å². The van der Waals surface area contributed by atoms with E-state index in [0.717, 1.165) is 11.1 Å². The van der Waals surface area contributed by atoms with Gasteiger partial charge < -0.3 is 10.1 Å². The summed E-state index contributed by atoms with van der Waals surface area (Å²) in [7, 11) is 0. The lowest BCUT2D eigenvalue weighted by molar-refractivity contribution is -0.123. The van der Waals surface area contributed by atoms with E-state index in [2.05, 4.69) is 21.2 Å². The Morgan fingerprint density at radius 2 is 1.52 bits per heavy atom. The first-order valence-electron chi connectivity index (χ1n) is 9.63. The summed E-state index contributed by atoms with van der Waals surface area (Å²) in [4.78, 5) is 40.9. The predicted molar refractivity (Wildman–Crippen MR) is 114 cm³/mol. The van der Waals surface area contributed by atoms with Gasteiger partial charge in [-0.25, -0.2) is 4.79 Å². The number of nitrogens with one attached hydrogen (secondary N) is 3. The molecule has 0 fully saturated rings. The molecule has 3 N–H and O–H groups in total. The van der Waals surface area contributed by atoms with Gasteiger partial charge in [0.05, 0.1) is 5.56 Å². The topological polar surface area (TPSA) is 109 Å². The highest BCUT2D eigenvalue weighted by molar-refractivity contribution is 5.96. The molecular formula is C23H22N4O4. The molecule has 1 atom stereocenters. The Kier molecular flexibility index (Phi) is 7.70. The molecule has 8 heteroatoms. The highest BCUT2D eigenvalue weighted by Gasteiger charge is 2.22. The van der Waals surface area contributed by atoms with Gasteiger partial charge in [0, 0.05) is 18.8 Å². The number of hydrazine groups is 1. The molecule has 1 unspecified atom stereocenters. The van der Waals surface area contributed by atoms with Crippen molar-refractivity contribution in [3.05, 3.63) is 102 Å². The van der Waals surface area contributed by atoms with Crippen molar-refractivity contribution in [1.29, 1.82) is 0 Å². The van der Waals surface area contributed by atoms with Gasteiger partial charge >= 0.3 is 6.09 Å². The van der Waals surface area contributed by atoms with Crippen molar-refractivity contribution < 1.29 is 19.1 Å². The first kappa shape index (κ1) is 21.5. The minimum absolute atomic E-state index is 0.0735. The number of ether oxygens (including phenoxy) is 1. The second-order valence-corrected chi connectivity index (χ2v) is 6.63. The van der Waals surface area contributed by atoms with Crippen LogP contribution in [0.4, 0.5) is 4.79 Å². The van der Waals surface area contributed by atoms with E-state index < -0.39 is 23.9 Å². The number of rotatable bonds is 7. The van der Waals surface area contributed by atoms with E-state index in [0.29, 0.717) is 0 Å². The average molecular weight is 418 g/mol. The smallest absolute Gasteiger partial charge is 0.408 e. The van der Waals surface area contributed by atoms with Gasteiger partial charge in [-0.05, 0) is 23.3 Å². The fourth-order valence-electron chi connectivity index (χ4n) is 2.74. The molecule has 0 bridgehead atoms. The molecule has 8 nitrogen and oxygen atoms in total. The molecule has 0 saturated heterocycles. The quantitative estimate of drug-likeness (QED) is 0.511. The monoisotopic (exact) mass is 418 g/mol. The lowest BCUT2D eigenvalue weighted by atomic mass is 10.1. The van der Waals surface area contributed by atoms with Crippen molar-refractivity contribution in [2.75, 3.05) is 0 Å². The number of amides is 3. The SMILES string of the molecule is O=C(NC(Cc1ccccc1)C(=O)NNC(=O)c1cccnc1)OCc1ccccc1. The largest absolute Gasteiger partial charge is 0.445 e. The second kappa shape index (κ2) is 11.1. The van der Waals surface area contributed by atoms with Gasteiger partial charge in [0.25, 0.3) is 11.8 Å². The number of carbonyl (C=O) groups is 3. The molecule has 3 amide bonds. The van der Waals surface area contributed by atoms with E-state index in [-0.39, 0.29) is 18.6 Å². The fraction of sp³-hybridized carbons (Fsp3) is 0.130. The number of benzene rings is 2. The van der Waals surface area contributed by atoms with Crippen molar-refractivity contribution in [1.82, 2.24) is 21.2 Å². The van der Waals surface area contributed by atoms with E-state index in [4.69, 9.17) is 4.74 Å². The number of hydrogen-bond acceptors (Lipinski definition) is 5. The zero-order valence-corrected chi connectivity index (χ0v) is 16.7. The molecule has 1 aromatic heterocycles.